The maximum atomic E-state index is 2.59. The molecular weight excluding hydrogens is 134 g/mol. The molecule has 0 radical (unpaired) electrons. The summed E-state index contributed by atoms with van der Waals surface area (Å²) in [5.74, 6) is 0. The molecular formula is C10H21N. The van der Waals surface area contributed by atoms with Crippen molar-refractivity contribution in [2.75, 3.05) is 13.1 Å². The van der Waals surface area contributed by atoms with E-state index in [9.17, 15) is 0 Å². The summed E-state index contributed by atoms with van der Waals surface area (Å²) in [7, 11) is 0. The lowest BCUT2D eigenvalue weighted by molar-refractivity contribution is -0.0536. The van der Waals surface area contributed by atoms with Crippen molar-refractivity contribution in [1.29, 1.82) is 0 Å². The van der Waals surface area contributed by atoms with Crippen molar-refractivity contribution in [3.05, 3.63) is 0 Å². The molecule has 0 bridgehead atoms. The lowest BCUT2D eigenvalue weighted by Crippen LogP contribution is -2.61. The van der Waals surface area contributed by atoms with Gasteiger partial charge in [0.2, 0.25) is 0 Å². The van der Waals surface area contributed by atoms with Gasteiger partial charge in [-0.15, -0.1) is 0 Å². The Morgan fingerprint density at radius 1 is 1.45 bits per heavy atom. The molecule has 2 atom stereocenters. The molecule has 1 rings (SSSR count). The summed E-state index contributed by atoms with van der Waals surface area (Å²) in [6.07, 6.45) is 2.62. The van der Waals surface area contributed by atoms with Crippen molar-refractivity contribution in [3.63, 3.8) is 0 Å². The summed E-state index contributed by atoms with van der Waals surface area (Å²) in [5.41, 5.74) is 0.620. The molecule has 1 heterocycles. The van der Waals surface area contributed by atoms with Gasteiger partial charge in [0.25, 0.3) is 0 Å². The molecule has 1 heteroatoms. The van der Waals surface area contributed by atoms with Crippen LogP contribution < -0.4 is 0 Å². The van der Waals surface area contributed by atoms with Crippen molar-refractivity contribution >= 4 is 0 Å². The van der Waals surface area contributed by atoms with Crippen molar-refractivity contribution < 1.29 is 0 Å². The van der Waals surface area contributed by atoms with Gasteiger partial charge in [0.1, 0.15) is 0 Å². The second-order valence-electron chi connectivity index (χ2n) is 4.15. The monoisotopic (exact) mass is 155 g/mol. The molecule has 1 fully saturated rings. The highest BCUT2D eigenvalue weighted by atomic mass is 15.2. The summed E-state index contributed by atoms with van der Waals surface area (Å²) < 4.78 is 0. The predicted octanol–water partition coefficient (Wildman–Crippen LogP) is 2.52. The van der Waals surface area contributed by atoms with Gasteiger partial charge in [-0.2, -0.15) is 0 Å². The highest BCUT2D eigenvalue weighted by molar-refractivity contribution is 4.97. The third-order valence-corrected chi connectivity index (χ3v) is 3.44. The lowest BCUT2D eigenvalue weighted by atomic mass is 9.72. The minimum absolute atomic E-state index is 0.620. The van der Waals surface area contributed by atoms with Crippen LogP contribution in [0, 0.1) is 5.41 Å². The van der Waals surface area contributed by atoms with Crippen molar-refractivity contribution in [3.8, 4) is 0 Å². The molecule has 1 saturated heterocycles. The summed E-state index contributed by atoms with van der Waals surface area (Å²) in [6.45, 7) is 11.9. The van der Waals surface area contributed by atoms with E-state index < -0.39 is 0 Å². The maximum absolute atomic E-state index is 2.59. The van der Waals surface area contributed by atoms with Crippen molar-refractivity contribution in [2.24, 2.45) is 5.41 Å². The molecule has 0 aromatic carbocycles. The second kappa shape index (κ2) is 3.14. The van der Waals surface area contributed by atoms with Gasteiger partial charge in [0, 0.05) is 12.6 Å². The summed E-state index contributed by atoms with van der Waals surface area (Å²) >= 11 is 0. The van der Waals surface area contributed by atoms with Crippen LogP contribution in [0.5, 0.6) is 0 Å². The second-order valence-corrected chi connectivity index (χ2v) is 4.15. The van der Waals surface area contributed by atoms with Gasteiger partial charge >= 0.3 is 0 Å². The van der Waals surface area contributed by atoms with Gasteiger partial charge in [-0.1, -0.05) is 20.8 Å². The number of hydrogen-bond donors (Lipinski definition) is 0. The van der Waals surface area contributed by atoms with Gasteiger partial charge in [-0.05, 0) is 31.7 Å². The molecule has 0 N–H and O–H groups in total. The van der Waals surface area contributed by atoms with E-state index in [0.717, 1.165) is 6.04 Å². The molecule has 1 aliphatic heterocycles. The summed E-state index contributed by atoms with van der Waals surface area (Å²) in [6, 6.07) is 0.812. The molecule has 0 spiro atoms. The zero-order valence-electron chi connectivity index (χ0n) is 8.35. The molecule has 0 aromatic rings. The van der Waals surface area contributed by atoms with Crippen molar-refractivity contribution in [1.82, 2.24) is 4.90 Å². The van der Waals surface area contributed by atoms with Crippen molar-refractivity contribution in [2.45, 2.75) is 46.6 Å². The zero-order valence-corrected chi connectivity index (χ0v) is 8.35. The average molecular weight is 155 g/mol. The summed E-state index contributed by atoms with van der Waals surface area (Å²) in [5, 5.41) is 0. The Morgan fingerprint density at radius 2 is 2.09 bits per heavy atom. The van der Waals surface area contributed by atoms with Crippen LogP contribution in [-0.4, -0.2) is 24.0 Å². The van der Waals surface area contributed by atoms with Crippen LogP contribution in [0.4, 0.5) is 0 Å². The van der Waals surface area contributed by atoms with Gasteiger partial charge in [0.15, 0.2) is 0 Å². The van der Waals surface area contributed by atoms with Crippen LogP contribution in [0.1, 0.15) is 40.5 Å². The number of hydrogen-bond acceptors (Lipinski definition) is 1. The quantitative estimate of drug-likeness (QED) is 0.605. The molecule has 11 heavy (non-hydrogen) atoms. The first-order valence-corrected chi connectivity index (χ1v) is 4.88. The van der Waals surface area contributed by atoms with Gasteiger partial charge in [-0.3, -0.25) is 4.90 Å². The first-order valence-electron chi connectivity index (χ1n) is 4.88. The molecule has 0 amide bonds. The fourth-order valence-corrected chi connectivity index (χ4v) is 2.03. The van der Waals surface area contributed by atoms with Crippen LogP contribution in [0.15, 0.2) is 0 Å². The Hall–Kier alpha value is -0.0400. The minimum atomic E-state index is 0.620. The van der Waals surface area contributed by atoms with Crippen LogP contribution in [0.2, 0.25) is 0 Å². The molecule has 0 saturated carbocycles. The third-order valence-electron chi connectivity index (χ3n) is 3.44. The van der Waals surface area contributed by atoms with Gasteiger partial charge in [0.05, 0.1) is 0 Å². The smallest absolute Gasteiger partial charge is 0.0133 e. The van der Waals surface area contributed by atoms with E-state index in [1.54, 1.807) is 0 Å². The van der Waals surface area contributed by atoms with Crippen LogP contribution in [-0.2, 0) is 0 Å². The zero-order chi connectivity index (χ0) is 8.48. The third kappa shape index (κ3) is 1.44. The highest BCUT2D eigenvalue weighted by Gasteiger charge is 2.43. The van der Waals surface area contributed by atoms with Gasteiger partial charge < -0.3 is 0 Å². The van der Waals surface area contributed by atoms with Crippen LogP contribution in [0.3, 0.4) is 0 Å². The molecule has 66 valence electrons. The van der Waals surface area contributed by atoms with E-state index in [0.29, 0.717) is 5.41 Å². The molecule has 1 nitrogen and oxygen atoms in total. The molecule has 1 aliphatic rings. The Kier molecular flexibility index (Phi) is 2.58. The van der Waals surface area contributed by atoms with E-state index in [1.165, 1.54) is 25.9 Å². The normalized spacial score (nSPS) is 38.7. The van der Waals surface area contributed by atoms with Crippen LogP contribution in [0.25, 0.3) is 0 Å². The van der Waals surface area contributed by atoms with Crippen LogP contribution >= 0.6 is 0 Å². The Labute approximate surface area is 70.8 Å². The van der Waals surface area contributed by atoms with E-state index >= 15 is 0 Å². The Balaban J connectivity index is 2.36. The predicted molar refractivity (Wildman–Crippen MR) is 49.7 cm³/mol. The largest absolute Gasteiger partial charge is 0.299 e. The number of likely N-dealkylation sites (tertiary alicyclic amines) is 1. The Bertz CT molecular complexity index is 133. The maximum Gasteiger partial charge on any atom is 0.0133 e. The number of nitrogens with zero attached hydrogens (tertiary/aromatic N) is 1. The highest BCUT2D eigenvalue weighted by Crippen LogP contribution is 2.39. The van der Waals surface area contributed by atoms with E-state index in [-0.39, 0.29) is 0 Å². The first-order chi connectivity index (χ1) is 5.14. The Morgan fingerprint density at radius 3 is 2.45 bits per heavy atom. The topological polar surface area (TPSA) is 3.24 Å². The standard InChI is InChI=1S/C10H21N/c1-5-7-11-8-10(4,6-2)9(11)3/h9H,5-8H2,1-4H3. The van der Waals surface area contributed by atoms with E-state index in [1.807, 2.05) is 0 Å². The first kappa shape index (κ1) is 9.05. The fourth-order valence-electron chi connectivity index (χ4n) is 2.03. The van der Waals surface area contributed by atoms with E-state index in [4.69, 9.17) is 0 Å². The lowest BCUT2D eigenvalue weighted by Gasteiger charge is -2.54. The molecule has 0 aliphatic carbocycles. The molecule has 2 unspecified atom stereocenters. The summed E-state index contributed by atoms with van der Waals surface area (Å²) in [4.78, 5) is 2.59. The molecule has 0 aromatic heterocycles. The van der Waals surface area contributed by atoms with E-state index in [2.05, 4.69) is 32.6 Å². The number of rotatable bonds is 3. The fraction of sp³-hybridized carbons (Fsp3) is 1.00. The SMILES string of the molecule is CCCN1CC(C)(CC)C1C. The average Bonchev–Trinajstić information content (AvgIpc) is 2.03. The minimum Gasteiger partial charge on any atom is -0.299 e. The van der Waals surface area contributed by atoms with Gasteiger partial charge in [-0.25, -0.2) is 0 Å².